The van der Waals surface area contributed by atoms with E-state index in [0.29, 0.717) is 31.1 Å². The van der Waals surface area contributed by atoms with Crippen molar-refractivity contribution in [2.45, 2.75) is 32.7 Å². The topological polar surface area (TPSA) is 90.6 Å². The number of benzene rings is 1. The molecule has 1 saturated heterocycles. The Hall–Kier alpha value is -3.03. The number of carbonyl (C=O) groups excluding carboxylic acids is 2. The molecule has 1 aliphatic rings. The largest absolute Gasteiger partial charge is 0.447 e. The van der Waals surface area contributed by atoms with Gasteiger partial charge < -0.3 is 15.0 Å². The monoisotopic (exact) mass is 371 g/mol. The number of anilines is 2. The summed E-state index contributed by atoms with van der Waals surface area (Å²) in [6.07, 6.45) is -0.371. The Bertz CT molecular complexity index is 840. The van der Waals surface area contributed by atoms with Gasteiger partial charge in [0.1, 0.15) is 6.61 Å². The molecule has 1 aromatic heterocycles. The second-order valence-electron chi connectivity index (χ2n) is 7.63. The number of aromatic amines is 1. The molecule has 1 fully saturated rings. The van der Waals surface area contributed by atoms with Gasteiger partial charge >= 0.3 is 12.1 Å². The number of hydrogen-bond acceptors (Lipinski definition) is 4. The molecule has 0 bridgehead atoms. The van der Waals surface area contributed by atoms with E-state index in [4.69, 9.17) is 4.74 Å². The van der Waals surface area contributed by atoms with Gasteiger partial charge in [-0.05, 0) is 24.3 Å². The summed E-state index contributed by atoms with van der Waals surface area (Å²) < 4.78 is 4.95. The first-order valence-corrected chi connectivity index (χ1v) is 8.85. The minimum atomic E-state index is -0.371. The molecule has 0 radical (unpaired) electrons. The van der Waals surface area contributed by atoms with Crippen molar-refractivity contribution in [3.63, 3.8) is 0 Å². The Morgan fingerprint density at radius 1 is 1.37 bits per heavy atom. The molecule has 2 aromatic rings. The fourth-order valence-corrected chi connectivity index (χ4v) is 2.75. The maximum absolute atomic E-state index is 12.5. The number of carbonyl (C=O) groups is 2. The molecule has 27 heavy (non-hydrogen) atoms. The first-order chi connectivity index (χ1) is 12.7. The maximum Gasteiger partial charge on any atom is 0.414 e. The van der Waals surface area contributed by atoms with Crippen molar-refractivity contribution in [3.05, 3.63) is 41.7 Å². The van der Waals surface area contributed by atoms with Gasteiger partial charge in [-0.15, -0.1) is 0 Å². The number of hydrogen-bond donors (Lipinski definition) is 2. The predicted octanol–water partition coefficient (Wildman–Crippen LogP) is 3.33. The number of cyclic esters (lactones) is 1. The van der Waals surface area contributed by atoms with Gasteiger partial charge in [-0.25, -0.2) is 9.59 Å². The fraction of sp³-hybridized carbons (Fsp3) is 0.421. The van der Waals surface area contributed by atoms with Crippen molar-refractivity contribution >= 4 is 23.5 Å². The molecule has 2 heterocycles. The predicted molar refractivity (Wildman–Crippen MR) is 103 cm³/mol. The molecule has 144 valence electrons. The maximum atomic E-state index is 12.5. The fourth-order valence-electron chi connectivity index (χ4n) is 2.75. The Kier molecular flexibility index (Phi) is 5.07. The molecule has 0 aliphatic carbocycles. The van der Waals surface area contributed by atoms with Crippen LogP contribution in [0.5, 0.6) is 0 Å². The zero-order valence-electron chi connectivity index (χ0n) is 16.1. The van der Waals surface area contributed by atoms with Gasteiger partial charge in [0.15, 0.2) is 0 Å². The highest BCUT2D eigenvalue weighted by Gasteiger charge is 2.24. The quantitative estimate of drug-likeness (QED) is 0.862. The van der Waals surface area contributed by atoms with Crippen molar-refractivity contribution in [3.8, 4) is 0 Å². The Morgan fingerprint density at radius 2 is 2.15 bits per heavy atom. The van der Waals surface area contributed by atoms with Crippen LogP contribution in [0.2, 0.25) is 0 Å². The van der Waals surface area contributed by atoms with E-state index in [-0.39, 0.29) is 17.5 Å². The first-order valence-electron chi connectivity index (χ1n) is 8.85. The molecule has 2 N–H and O–H groups in total. The lowest BCUT2D eigenvalue weighted by Crippen LogP contribution is -2.31. The minimum Gasteiger partial charge on any atom is -0.447 e. The summed E-state index contributed by atoms with van der Waals surface area (Å²) in [5, 5.41) is 10.1. The molecule has 1 aliphatic heterocycles. The standard InChI is InChI=1S/C19H25N5O3/c1-19(2,3)16-11-14(21-22-16)12-23(4)17(25)20-13-6-5-7-15(10-13)24-8-9-27-18(24)26/h5-7,10-11H,8-9,12H2,1-4H3,(H,20,25)(H,21,22). The summed E-state index contributed by atoms with van der Waals surface area (Å²) in [7, 11) is 1.72. The van der Waals surface area contributed by atoms with Crippen LogP contribution in [0.3, 0.4) is 0 Å². The molecule has 0 unspecified atom stereocenters. The molecule has 3 amide bonds. The van der Waals surface area contributed by atoms with Crippen LogP contribution in [0.15, 0.2) is 30.3 Å². The molecule has 0 atom stereocenters. The molecule has 1 aromatic carbocycles. The van der Waals surface area contributed by atoms with Crippen LogP contribution in [0, 0.1) is 0 Å². The zero-order chi connectivity index (χ0) is 19.6. The highest BCUT2D eigenvalue weighted by Crippen LogP contribution is 2.23. The van der Waals surface area contributed by atoms with Gasteiger partial charge in [0.2, 0.25) is 0 Å². The van der Waals surface area contributed by atoms with E-state index in [1.54, 1.807) is 30.1 Å². The van der Waals surface area contributed by atoms with Crippen LogP contribution in [-0.2, 0) is 16.7 Å². The second-order valence-corrected chi connectivity index (χ2v) is 7.63. The molecule has 3 rings (SSSR count). The van der Waals surface area contributed by atoms with Crippen LogP contribution in [-0.4, -0.2) is 47.4 Å². The van der Waals surface area contributed by atoms with E-state index in [1.807, 2.05) is 12.1 Å². The van der Waals surface area contributed by atoms with Crippen LogP contribution in [0.4, 0.5) is 21.0 Å². The number of H-pyrrole nitrogens is 1. The molecule has 8 heteroatoms. The number of rotatable bonds is 4. The molecule has 0 saturated carbocycles. The third-order valence-electron chi connectivity index (χ3n) is 4.32. The number of aromatic nitrogens is 2. The lowest BCUT2D eigenvalue weighted by atomic mass is 9.92. The average Bonchev–Trinajstić information content (AvgIpc) is 3.23. The van der Waals surface area contributed by atoms with Crippen LogP contribution in [0.25, 0.3) is 0 Å². The molecular formula is C19H25N5O3. The van der Waals surface area contributed by atoms with E-state index < -0.39 is 0 Å². The van der Waals surface area contributed by atoms with Gasteiger partial charge in [0, 0.05) is 23.8 Å². The highest BCUT2D eigenvalue weighted by atomic mass is 16.6. The first kappa shape index (κ1) is 18.8. The SMILES string of the molecule is CN(Cc1cc(C(C)(C)C)n[nH]1)C(=O)Nc1cccc(N2CCOC2=O)c1. The second kappa shape index (κ2) is 7.30. The van der Waals surface area contributed by atoms with E-state index in [1.165, 1.54) is 4.90 Å². The zero-order valence-corrected chi connectivity index (χ0v) is 16.1. The van der Waals surface area contributed by atoms with Crippen molar-refractivity contribution in [1.82, 2.24) is 15.1 Å². The minimum absolute atomic E-state index is 0.0489. The van der Waals surface area contributed by atoms with E-state index in [2.05, 4.69) is 36.3 Å². The summed E-state index contributed by atoms with van der Waals surface area (Å²) in [5.74, 6) is 0. The van der Waals surface area contributed by atoms with Crippen molar-refractivity contribution in [2.75, 3.05) is 30.4 Å². The number of nitrogens with one attached hydrogen (secondary N) is 2. The van der Waals surface area contributed by atoms with Gasteiger partial charge in [0.25, 0.3) is 0 Å². The molecular weight excluding hydrogens is 346 g/mol. The Morgan fingerprint density at radius 3 is 2.78 bits per heavy atom. The Labute approximate surface area is 158 Å². The van der Waals surface area contributed by atoms with Gasteiger partial charge in [0.05, 0.1) is 24.5 Å². The van der Waals surface area contributed by atoms with Gasteiger partial charge in [-0.2, -0.15) is 5.10 Å². The molecule has 0 spiro atoms. The van der Waals surface area contributed by atoms with Crippen LogP contribution in [0.1, 0.15) is 32.2 Å². The molecule has 8 nitrogen and oxygen atoms in total. The smallest absolute Gasteiger partial charge is 0.414 e. The van der Waals surface area contributed by atoms with Crippen molar-refractivity contribution in [2.24, 2.45) is 0 Å². The van der Waals surface area contributed by atoms with Crippen LogP contribution < -0.4 is 10.2 Å². The lowest BCUT2D eigenvalue weighted by molar-refractivity contribution is 0.181. The average molecular weight is 371 g/mol. The normalized spacial score (nSPS) is 14.2. The third-order valence-corrected chi connectivity index (χ3v) is 4.32. The van der Waals surface area contributed by atoms with Crippen molar-refractivity contribution in [1.29, 1.82) is 0 Å². The highest BCUT2D eigenvalue weighted by molar-refractivity contribution is 5.93. The lowest BCUT2D eigenvalue weighted by Gasteiger charge is -2.18. The number of nitrogens with zero attached hydrogens (tertiary/aromatic N) is 3. The Balaban J connectivity index is 1.63. The van der Waals surface area contributed by atoms with E-state index in [9.17, 15) is 9.59 Å². The van der Waals surface area contributed by atoms with E-state index in [0.717, 1.165) is 11.4 Å². The van der Waals surface area contributed by atoms with Crippen molar-refractivity contribution < 1.29 is 14.3 Å². The summed E-state index contributed by atoms with van der Waals surface area (Å²) >= 11 is 0. The van der Waals surface area contributed by atoms with Gasteiger partial charge in [-0.3, -0.25) is 10.00 Å². The third kappa shape index (κ3) is 4.39. The summed E-state index contributed by atoms with van der Waals surface area (Å²) in [5.41, 5.74) is 3.08. The summed E-state index contributed by atoms with van der Waals surface area (Å²) in [4.78, 5) is 27.3. The summed E-state index contributed by atoms with van der Waals surface area (Å²) in [6.45, 7) is 7.56. The van der Waals surface area contributed by atoms with Gasteiger partial charge in [-0.1, -0.05) is 26.8 Å². The number of amides is 3. The van der Waals surface area contributed by atoms with Crippen LogP contribution >= 0.6 is 0 Å². The summed E-state index contributed by atoms with van der Waals surface area (Å²) in [6, 6.07) is 8.87. The number of ether oxygens (including phenoxy) is 1. The van der Waals surface area contributed by atoms with E-state index >= 15 is 0 Å². The number of urea groups is 1.